The van der Waals surface area contributed by atoms with Gasteiger partial charge in [-0.3, -0.25) is 4.79 Å². The standard InChI is InChI=1S/C17H24N2O4/c1-16(2,3)23-14(20)11-12-7-9-13(10-8-12)18-19-17(4,5)15(21)22-6/h7-10H,11H2,1-6H3. The van der Waals surface area contributed by atoms with E-state index in [1.807, 2.05) is 20.8 Å². The van der Waals surface area contributed by atoms with Gasteiger partial charge in [-0.25, -0.2) is 4.79 Å². The highest BCUT2D eigenvalue weighted by molar-refractivity contribution is 5.79. The summed E-state index contributed by atoms with van der Waals surface area (Å²) in [6.45, 7) is 8.74. The van der Waals surface area contributed by atoms with Crippen molar-refractivity contribution in [1.29, 1.82) is 0 Å². The molecule has 0 amide bonds. The number of ether oxygens (including phenoxy) is 2. The number of nitrogens with zero attached hydrogens (tertiary/aromatic N) is 2. The molecule has 1 rings (SSSR count). The number of azo groups is 1. The van der Waals surface area contributed by atoms with Crippen LogP contribution < -0.4 is 0 Å². The molecule has 0 atom stereocenters. The molecule has 0 aliphatic carbocycles. The first kappa shape index (κ1) is 18.8. The van der Waals surface area contributed by atoms with Crippen molar-refractivity contribution in [2.24, 2.45) is 10.2 Å². The van der Waals surface area contributed by atoms with E-state index in [0.717, 1.165) is 5.56 Å². The zero-order valence-corrected chi connectivity index (χ0v) is 14.5. The summed E-state index contributed by atoms with van der Waals surface area (Å²) in [5.41, 5.74) is -0.116. The Bertz CT molecular complexity index is 584. The summed E-state index contributed by atoms with van der Waals surface area (Å²) in [6.07, 6.45) is 0.197. The molecule has 0 bridgehead atoms. The molecule has 0 saturated heterocycles. The van der Waals surface area contributed by atoms with Gasteiger partial charge >= 0.3 is 11.9 Å². The molecule has 0 aliphatic rings. The van der Waals surface area contributed by atoms with Gasteiger partial charge in [-0.1, -0.05) is 12.1 Å². The Balaban J connectivity index is 2.70. The van der Waals surface area contributed by atoms with Gasteiger partial charge in [0.15, 0.2) is 5.54 Å². The number of rotatable bonds is 5. The van der Waals surface area contributed by atoms with Crippen LogP contribution in [0.25, 0.3) is 0 Å². The molecular formula is C17H24N2O4. The van der Waals surface area contributed by atoms with Gasteiger partial charge in [-0.15, -0.1) is 0 Å². The van der Waals surface area contributed by atoms with E-state index in [2.05, 4.69) is 15.0 Å². The fourth-order valence-electron chi connectivity index (χ4n) is 1.70. The van der Waals surface area contributed by atoms with Crippen molar-refractivity contribution in [2.75, 3.05) is 7.11 Å². The van der Waals surface area contributed by atoms with E-state index >= 15 is 0 Å². The van der Waals surface area contributed by atoms with E-state index in [4.69, 9.17) is 4.74 Å². The predicted molar refractivity (Wildman–Crippen MR) is 86.6 cm³/mol. The zero-order chi connectivity index (χ0) is 17.7. The number of esters is 2. The van der Waals surface area contributed by atoms with Gasteiger partial charge in [0.05, 0.1) is 19.2 Å². The summed E-state index contributed by atoms with van der Waals surface area (Å²) in [7, 11) is 1.31. The lowest BCUT2D eigenvalue weighted by Crippen LogP contribution is -2.30. The van der Waals surface area contributed by atoms with Gasteiger partial charge < -0.3 is 9.47 Å². The Morgan fingerprint density at radius 3 is 2.09 bits per heavy atom. The summed E-state index contributed by atoms with van der Waals surface area (Å²) in [6, 6.07) is 7.03. The lowest BCUT2D eigenvalue weighted by molar-refractivity contribution is -0.154. The number of methoxy groups -OCH3 is 1. The van der Waals surface area contributed by atoms with Crippen LogP contribution in [0.4, 0.5) is 5.69 Å². The molecule has 0 aliphatic heterocycles. The molecule has 0 spiro atoms. The van der Waals surface area contributed by atoms with Gasteiger partial charge in [0.25, 0.3) is 0 Å². The molecule has 0 saturated carbocycles. The van der Waals surface area contributed by atoms with Crippen molar-refractivity contribution >= 4 is 17.6 Å². The van der Waals surface area contributed by atoms with Crippen LogP contribution in [0.5, 0.6) is 0 Å². The minimum atomic E-state index is -1.04. The van der Waals surface area contributed by atoms with Crippen LogP contribution in [-0.4, -0.2) is 30.2 Å². The third-order valence-electron chi connectivity index (χ3n) is 2.81. The SMILES string of the molecule is COC(=O)C(C)(C)N=Nc1ccc(CC(=O)OC(C)(C)C)cc1. The molecule has 23 heavy (non-hydrogen) atoms. The quantitative estimate of drug-likeness (QED) is 0.613. The largest absolute Gasteiger partial charge is 0.467 e. The fraction of sp³-hybridized carbons (Fsp3) is 0.529. The van der Waals surface area contributed by atoms with Gasteiger partial charge in [-0.05, 0) is 52.3 Å². The van der Waals surface area contributed by atoms with Crippen molar-refractivity contribution in [2.45, 2.75) is 52.2 Å². The Morgan fingerprint density at radius 2 is 1.61 bits per heavy atom. The second kappa shape index (κ2) is 7.35. The van der Waals surface area contributed by atoms with Crippen molar-refractivity contribution in [3.63, 3.8) is 0 Å². The first-order chi connectivity index (χ1) is 10.5. The minimum absolute atomic E-state index is 0.197. The summed E-state index contributed by atoms with van der Waals surface area (Å²) in [5, 5.41) is 8.03. The Morgan fingerprint density at radius 1 is 1.04 bits per heavy atom. The average Bonchev–Trinajstić information content (AvgIpc) is 2.43. The van der Waals surface area contributed by atoms with Crippen LogP contribution in [0, 0.1) is 0 Å². The van der Waals surface area contributed by atoms with E-state index in [0.29, 0.717) is 5.69 Å². The molecule has 0 radical (unpaired) electrons. The Hall–Kier alpha value is -2.24. The highest BCUT2D eigenvalue weighted by atomic mass is 16.6. The molecule has 0 fully saturated rings. The van der Waals surface area contributed by atoms with E-state index in [9.17, 15) is 9.59 Å². The van der Waals surface area contributed by atoms with E-state index in [-0.39, 0.29) is 12.4 Å². The molecule has 126 valence electrons. The van der Waals surface area contributed by atoms with Crippen LogP contribution in [0.15, 0.2) is 34.5 Å². The maximum absolute atomic E-state index is 11.8. The first-order valence-corrected chi connectivity index (χ1v) is 7.35. The monoisotopic (exact) mass is 320 g/mol. The van der Waals surface area contributed by atoms with Gasteiger partial charge in [-0.2, -0.15) is 10.2 Å². The fourth-order valence-corrected chi connectivity index (χ4v) is 1.70. The van der Waals surface area contributed by atoms with E-state index < -0.39 is 17.1 Å². The van der Waals surface area contributed by atoms with Gasteiger partial charge in [0.1, 0.15) is 5.60 Å². The summed E-state index contributed by atoms with van der Waals surface area (Å²) in [5.74, 6) is -0.735. The van der Waals surface area contributed by atoms with Crippen LogP contribution in [0.2, 0.25) is 0 Å². The lowest BCUT2D eigenvalue weighted by Gasteiger charge is -2.19. The lowest BCUT2D eigenvalue weighted by atomic mass is 10.1. The summed E-state index contributed by atoms with van der Waals surface area (Å²) in [4.78, 5) is 23.3. The molecule has 0 unspecified atom stereocenters. The van der Waals surface area contributed by atoms with Crippen molar-refractivity contribution in [1.82, 2.24) is 0 Å². The topological polar surface area (TPSA) is 77.3 Å². The van der Waals surface area contributed by atoms with Crippen molar-refractivity contribution in [3.05, 3.63) is 29.8 Å². The van der Waals surface area contributed by atoms with E-state index in [1.54, 1.807) is 38.1 Å². The van der Waals surface area contributed by atoms with Crippen molar-refractivity contribution in [3.8, 4) is 0 Å². The molecule has 6 nitrogen and oxygen atoms in total. The van der Waals surface area contributed by atoms with Crippen molar-refractivity contribution < 1.29 is 19.1 Å². The third-order valence-corrected chi connectivity index (χ3v) is 2.81. The maximum Gasteiger partial charge on any atom is 0.335 e. The number of hydrogen-bond donors (Lipinski definition) is 0. The normalized spacial score (nSPS) is 12.3. The molecular weight excluding hydrogens is 296 g/mol. The average molecular weight is 320 g/mol. The van der Waals surface area contributed by atoms with E-state index in [1.165, 1.54) is 7.11 Å². The highest BCUT2D eigenvalue weighted by Gasteiger charge is 2.28. The Labute approximate surface area is 136 Å². The van der Waals surface area contributed by atoms with Crippen LogP contribution in [0.1, 0.15) is 40.2 Å². The van der Waals surface area contributed by atoms with Crippen LogP contribution in [0.3, 0.4) is 0 Å². The molecule has 1 aromatic carbocycles. The summed E-state index contributed by atoms with van der Waals surface area (Å²) < 4.78 is 9.93. The molecule has 0 N–H and O–H groups in total. The zero-order valence-electron chi connectivity index (χ0n) is 14.5. The number of hydrogen-bond acceptors (Lipinski definition) is 6. The third kappa shape index (κ3) is 6.59. The second-order valence-electron chi connectivity index (χ2n) is 6.68. The van der Waals surface area contributed by atoms with Gasteiger partial charge in [0, 0.05) is 0 Å². The molecule has 1 aromatic rings. The smallest absolute Gasteiger partial charge is 0.335 e. The highest BCUT2D eigenvalue weighted by Crippen LogP contribution is 2.19. The molecule has 6 heteroatoms. The maximum atomic E-state index is 11.8. The minimum Gasteiger partial charge on any atom is -0.467 e. The predicted octanol–water partition coefficient (Wildman–Crippen LogP) is 3.61. The van der Waals surface area contributed by atoms with Crippen LogP contribution >= 0.6 is 0 Å². The number of carbonyl (C=O) groups is 2. The molecule has 0 aromatic heterocycles. The first-order valence-electron chi connectivity index (χ1n) is 7.35. The summed E-state index contributed by atoms with van der Waals surface area (Å²) >= 11 is 0. The second-order valence-corrected chi connectivity index (χ2v) is 6.68. The Kier molecular flexibility index (Phi) is 6.01. The number of benzene rings is 1. The van der Waals surface area contributed by atoms with Crippen LogP contribution in [-0.2, 0) is 25.5 Å². The molecule has 0 heterocycles. The number of carbonyl (C=O) groups excluding carboxylic acids is 2. The van der Waals surface area contributed by atoms with Gasteiger partial charge in [0.2, 0.25) is 0 Å².